The second-order valence-electron chi connectivity index (χ2n) is 7.75. The third-order valence-corrected chi connectivity index (χ3v) is 5.91. The third kappa shape index (κ3) is 6.99. The molecule has 1 N–H and O–H groups in total. The molecular formula is C25H36IN5O2. The van der Waals surface area contributed by atoms with Gasteiger partial charge in [-0.1, -0.05) is 18.2 Å². The van der Waals surface area contributed by atoms with Crippen molar-refractivity contribution in [3.63, 3.8) is 0 Å². The minimum absolute atomic E-state index is 0. The Balaban J connectivity index is 0.00000385. The van der Waals surface area contributed by atoms with Crippen molar-refractivity contribution >= 4 is 41.5 Å². The van der Waals surface area contributed by atoms with E-state index in [0.717, 1.165) is 62.1 Å². The van der Waals surface area contributed by atoms with Crippen LogP contribution in [0.5, 0.6) is 5.75 Å². The van der Waals surface area contributed by atoms with Gasteiger partial charge in [0.15, 0.2) is 5.96 Å². The number of carbonyl (C=O) groups is 1. The fraction of sp³-hybridized carbons (Fsp3) is 0.440. The van der Waals surface area contributed by atoms with Crippen LogP contribution in [0.15, 0.2) is 53.5 Å². The monoisotopic (exact) mass is 565 g/mol. The van der Waals surface area contributed by atoms with Crippen LogP contribution in [0, 0.1) is 0 Å². The number of methoxy groups -OCH3 is 1. The first-order valence-corrected chi connectivity index (χ1v) is 11.3. The van der Waals surface area contributed by atoms with Crippen molar-refractivity contribution < 1.29 is 9.53 Å². The highest BCUT2D eigenvalue weighted by Gasteiger charge is 2.20. The summed E-state index contributed by atoms with van der Waals surface area (Å²) in [5.41, 5.74) is 3.04. The molecule has 2 aromatic rings. The number of amides is 1. The Bertz CT molecular complexity index is 907. The number of hydrogen-bond acceptors (Lipinski definition) is 4. The first kappa shape index (κ1) is 26.8. The van der Waals surface area contributed by atoms with Crippen LogP contribution in [0.2, 0.25) is 0 Å². The predicted molar refractivity (Wildman–Crippen MR) is 146 cm³/mol. The molecule has 1 heterocycles. The Morgan fingerprint density at radius 2 is 1.73 bits per heavy atom. The van der Waals surface area contributed by atoms with Crippen LogP contribution in [-0.2, 0) is 6.54 Å². The molecule has 0 atom stereocenters. The number of benzene rings is 2. The van der Waals surface area contributed by atoms with E-state index >= 15 is 0 Å². The van der Waals surface area contributed by atoms with Crippen LogP contribution in [0.25, 0.3) is 0 Å². The van der Waals surface area contributed by atoms with Gasteiger partial charge in [-0.15, -0.1) is 24.0 Å². The molecule has 0 saturated carbocycles. The molecule has 1 fully saturated rings. The lowest BCUT2D eigenvalue weighted by Crippen LogP contribution is -2.52. The summed E-state index contributed by atoms with van der Waals surface area (Å²) in [7, 11) is 3.52. The Hall–Kier alpha value is -2.49. The van der Waals surface area contributed by atoms with Crippen molar-refractivity contribution in [2.75, 3.05) is 58.3 Å². The molecule has 7 nitrogen and oxygen atoms in total. The Kier molecular flexibility index (Phi) is 10.8. The highest BCUT2D eigenvalue weighted by molar-refractivity contribution is 14.0. The molecule has 2 aromatic carbocycles. The molecule has 0 radical (unpaired) electrons. The molecule has 33 heavy (non-hydrogen) atoms. The largest absolute Gasteiger partial charge is 0.497 e. The van der Waals surface area contributed by atoms with Crippen molar-refractivity contribution in [2.45, 2.75) is 20.4 Å². The van der Waals surface area contributed by atoms with Crippen molar-refractivity contribution in [1.82, 2.24) is 15.1 Å². The van der Waals surface area contributed by atoms with Crippen molar-refractivity contribution in [3.8, 4) is 5.75 Å². The standard InChI is InChI=1S/C25H35N5O2.HI/c1-5-28(6-2)24(31)21-12-10-20(11-13-21)19-27-25(26-3)30-16-14-29(15-17-30)22-8-7-9-23(18-22)32-4;/h7-13,18H,5-6,14-17,19H2,1-4H3,(H,26,27);1H. The number of nitrogens with zero attached hydrogens (tertiary/aromatic N) is 4. The first-order chi connectivity index (χ1) is 15.6. The highest BCUT2D eigenvalue weighted by Crippen LogP contribution is 2.22. The molecule has 8 heteroatoms. The lowest BCUT2D eigenvalue weighted by atomic mass is 10.1. The molecule has 0 bridgehead atoms. The number of nitrogens with one attached hydrogen (secondary N) is 1. The molecule has 1 aliphatic rings. The van der Waals surface area contributed by atoms with E-state index in [-0.39, 0.29) is 29.9 Å². The number of hydrogen-bond donors (Lipinski definition) is 1. The van der Waals surface area contributed by atoms with Gasteiger partial charge < -0.3 is 24.8 Å². The van der Waals surface area contributed by atoms with Crippen molar-refractivity contribution in [1.29, 1.82) is 0 Å². The molecule has 1 saturated heterocycles. The minimum Gasteiger partial charge on any atom is -0.497 e. The maximum absolute atomic E-state index is 12.5. The number of aliphatic imine (C=N–C) groups is 1. The Labute approximate surface area is 214 Å². The van der Waals surface area contributed by atoms with E-state index < -0.39 is 0 Å². The molecule has 0 aliphatic carbocycles. The maximum Gasteiger partial charge on any atom is 0.253 e. The average Bonchev–Trinajstić information content (AvgIpc) is 2.86. The van der Waals surface area contributed by atoms with Gasteiger partial charge in [0.05, 0.1) is 7.11 Å². The van der Waals surface area contributed by atoms with E-state index in [4.69, 9.17) is 4.74 Å². The van der Waals surface area contributed by atoms with Gasteiger partial charge in [0, 0.05) is 70.2 Å². The van der Waals surface area contributed by atoms with Gasteiger partial charge in [0.1, 0.15) is 5.75 Å². The topological polar surface area (TPSA) is 60.4 Å². The van der Waals surface area contributed by atoms with Gasteiger partial charge in [-0.2, -0.15) is 0 Å². The van der Waals surface area contributed by atoms with Gasteiger partial charge >= 0.3 is 0 Å². The molecule has 180 valence electrons. The van der Waals surface area contributed by atoms with E-state index in [9.17, 15) is 4.79 Å². The van der Waals surface area contributed by atoms with Crippen LogP contribution in [0.1, 0.15) is 29.8 Å². The van der Waals surface area contributed by atoms with Crippen LogP contribution >= 0.6 is 24.0 Å². The lowest BCUT2D eigenvalue weighted by Gasteiger charge is -2.37. The van der Waals surface area contributed by atoms with E-state index in [1.807, 2.05) is 62.2 Å². The summed E-state index contributed by atoms with van der Waals surface area (Å²) in [5.74, 6) is 1.87. The summed E-state index contributed by atoms with van der Waals surface area (Å²) in [5, 5.41) is 3.46. The smallest absolute Gasteiger partial charge is 0.253 e. The quantitative estimate of drug-likeness (QED) is 0.316. The van der Waals surface area contributed by atoms with E-state index in [0.29, 0.717) is 6.54 Å². The molecule has 1 amide bonds. The molecule has 0 aromatic heterocycles. The molecule has 0 unspecified atom stereocenters. The second kappa shape index (κ2) is 13.3. The van der Waals surface area contributed by atoms with Crippen LogP contribution < -0.4 is 15.0 Å². The fourth-order valence-electron chi connectivity index (χ4n) is 3.96. The number of carbonyl (C=O) groups excluding carboxylic acids is 1. The first-order valence-electron chi connectivity index (χ1n) is 11.3. The zero-order valence-corrected chi connectivity index (χ0v) is 22.4. The summed E-state index contributed by atoms with van der Waals surface area (Å²) in [6.45, 7) is 9.76. The van der Waals surface area contributed by atoms with E-state index in [2.05, 4.69) is 32.2 Å². The summed E-state index contributed by atoms with van der Waals surface area (Å²) < 4.78 is 5.35. The number of halogens is 1. The van der Waals surface area contributed by atoms with Crippen molar-refractivity contribution in [2.24, 2.45) is 4.99 Å². The average molecular weight is 566 g/mol. The number of piperazine rings is 1. The van der Waals surface area contributed by atoms with Gasteiger partial charge in [0.2, 0.25) is 0 Å². The number of ether oxygens (including phenoxy) is 1. The summed E-state index contributed by atoms with van der Waals surface area (Å²) in [4.78, 5) is 23.4. The van der Waals surface area contributed by atoms with Gasteiger partial charge in [-0.05, 0) is 43.7 Å². The molecule has 1 aliphatic heterocycles. The Morgan fingerprint density at radius 3 is 2.30 bits per heavy atom. The lowest BCUT2D eigenvalue weighted by molar-refractivity contribution is 0.0773. The van der Waals surface area contributed by atoms with Gasteiger partial charge in [0.25, 0.3) is 5.91 Å². The molecular weight excluding hydrogens is 529 g/mol. The number of rotatable bonds is 7. The van der Waals surface area contributed by atoms with Crippen LogP contribution in [-0.4, -0.2) is 75.1 Å². The van der Waals surface area contributed by atoms with Crippen LogP contribution in [0.4, 0.5) is 5.69 Å². The normalized spacial score (nSPS) is 13.9. The van der Waals surface area contributed by atoms with E-state index in [1.165, 1.54) is 5.69 Å². The summed E-state index contributed by atoms with van der Waals surface area (Å²) in [6, 6.07) is 16.0. The molecule has 3 rings (SSSR count). The summed E-state index contributed by atoms with van der Waals surface area (Å²) in [6.07, 6.45) is 0. The maximum atomic E-state index is 12.5. The minimum atomic E-state index is 0. The SMILES string of the molecule is CCN(CC)C(=O)c1ccc(CNC(=NC)N2CCN(c3cccc(OC)c3)CC2)cc1.I. The third-order valence-electron chi connectivity index (χ3n) is 5.91. The van der Waals surface area contributed by atoms with Gasteiger partial charge in [-0.25, -0.2) is 0 Å². The zero-order valence-electron chi connectivity index (χ0n) is 20.1. The van der Waals surface area contributed by atoms with E-state index in [1.54, 1.807) is 7.11 Å². The Morgan fingerprint density at radius 1 is 1.06 bits per heavy atom. The molecule has 0 spiro atoms. The predicted octanol–water partition coefficient (Wildman–Crippen LogP) is 3.69. The van der Waals surface area contributed by atoms with Gasteiger partial charge in [-0.3, -0.25) is 9.79 Å². The summed E-state index contributed by atoms with van der Waals surface area (Å²) >= 11 is 0. The van der Waals surface area contributed by atoms with Crippen LogP contribution in [0.3, 0.4) is 0 Å². The zero-order chi connectivity index (χ0) is 22.9. The highest BCUT2D eigenvalue weighted by atomic mass is 127. The number of anilines is 1. The second-order valence-corrected chi connectivity index (χ2v) is 7.75. The van der Waals surface area contributed by atoms with Crippen molar-refractivity contribution in [3.05, 3.63) is 59.7 Å². The fourth-order valence-corrected chi connectivity index (χ4v) is 3.96. The number of guanidine groups is 1.